The van der Waals surface area contributed by atoms with Gasteiger partial charge in [-0.05, 0) is 42.1 Å². The fourth-order valence-corrected chi connectivity index (χ4v) is 3.26. The first kappa shape index (κ1) is 15.1. The number of rotatable bonds is 5. The lowest BCUT2D eigenvalue weighted by atomic mass is 10.1. The molecule has 0 bridgehead atoms. The lowest BCUT2D eigenvalue weighted by molar-refractivity contribution is -0.122. The predicted molar refractivity (Wildman–Crippen MR) is 87.4 cm³/mol. The van der Waals surface area contributed by atoms with Crippen LogP contribution in [0.15, 0.2) is 41.8 Å². The topological polar surface area (TPSA) is 38.8 Å². The molecule has 0 spiro atoms. The molecule has 4 nitrogen and oxygen atoms in total. The van der Waals surface area contributed by atoms with Gasteiger partial charge in [0.05, 0.1) is 26.2 Å². The van der Waals surface area contributed by atoms with Crippen molar-refractivity contribution in [3.05, 3.63) is 46.7 Å². The van der Waals surface area contributed by atoms with E-state index in [1.807, 2.05) is 40.6 Å². The summed E-state index contributed by atoms with van der Waals surface area (Å²) in [6.07, 6.45) is 0.802. The minimum Gasteiger partial charge on any atom is -0.497 e. The standard InChI is InChI=1S/C17H19NO3S/c1-20-15-6-4-14(5-7-15)18(11-16-3-2-10-22-16)17(19)13-8-9-21-12-13/h2-7,10,13H,8-9,11-12H2,1H3. The van der Waals surface area contributed by atoms with Gasteiger partial charge in [0.2, 0.25) is 5.91 Å². The van der Waals surface area contributed by atoms with Gasteiger partial charge in [0.1, 0.15) is 5.75 Å². The Balaban J connectivity index is 1.85. The quantitative estimate of drug-likeness (QED) is 0.849. The van der Waals surface area contributed by atoms with Crippen molar-refractivity contribution in [1.82, 2.24) is 0 Å². The van der Waals surface area contributed by atoms with E-state index in [2.05, 4.69) is 6.07 Å². The number of hydrogen-bond acceptors (Lipinski definition) is 4. The van der Waals surface area contributed by atoms with Gasteiger partial charge in [-0.1, -0.05) is 6.07 Å². The third-order valence-corrected chi connectivity index (χ3v) is 4.68. The zero-order valence-corrected chi connectivity index (χ0v) is 13.3. The second-order valence-corrected chi connectivity index (χ2v) is 6.29. The molecule has 1 aromatic heterocycles. The highest BCUT2D eigenvalue weighted by Gasteiger charge is 2.29. The van der Waals surface area contributed by atoms with Crippen molar-refractivity contribution >= 4 is 22.9 Å². The van der Waals surface area contributed by atoms with Crippen LogP contribution in [0.2, 0.25) is 0 Å². The number of carbonyl (C=O) groups excluding carboxylic acids is 1. The summed E-state index contributed by atoms with van der Waals surface area (Å²) < 4.78 is 10.6. The number of methoxy groups -OCH3 is 1. The van der Waals surface area contributed by atoms with Crippen LogP contribution < -0.4 is 9.64 Å². The summed E-state index contributed by atoms with van der Waals surface area (Å²) in [6, 6.07) is 11.7. The van der Waals surface area contributed by atoms with Gasteiger partial charge < -0.3 is 14.4 Å². The van der Waals surface area contributed by atoms with Crippen molar-refractivity contribution in [2.45, 2.75) is 13.0 Å². The van der Waals surface area contributed by atoms with E-state index in [0.717, 1.165) is 17.9 Å². The van der Waals surface area contributed by atoms with Crippen LogP contribution in [0.1, 0.15) is 11.3 Å². The van der Waals surface area contributed by atoms with E-state index in [9.17, 15) is 4.79 Å². The number of thiophene rings is 1. The van der Waals surface area contributed by atoms with Crippen LogP contribution in [0.3, 0.4) is 0 Å². The number of nitrogens with zero attached hydrogens (tertiary/aromatic N) is 1. The van der Waals surface area contributed by atoms with E-state index in [0.29, 0.717) is 19.8 Å². The van der Waals surface area contributed by atoms with E-state index in [1.165, 1.54) is 4.88 Å². The van der Waals surface area contributed by atoms with E-state index in [4.69, 9.17) is 9.47 Å². The maximum absolute atomic E-state index is 12.8. The summed E-state index contributed by atoms with van der Waals surface area (Å²) in [5.41, 5.74) is 0.895. The molecule has 5 heteroatoms. The van der Waals surface area contributed by atoms with Gasteiger partial charge in [-0.15, -0.1) is 11.3 Å². The van der Waals surface area contributed by atoms with Crippen LogP contribution >= 0.6 is 11.3 Å². The highest BCUT2D eigenvalue weighted by molar-refractivity contribution is 7.09. The van der Waals surface area contributed by atoms with Crippen LogP contribution in [0, 0.1) is 5.92 Å². The van der Waals surface area contributed by atoms with Gasteiger partial charge in [0, 0.05) is 17.2 Å². The number of ether oxygens (including phenoxy) is 2. The SMILES string of the molecule is COc1ccc(N(Cc2cccs2)C(=O)C2CCOC2)cc1. The summed E-state index contributed by atoms with van der Waals surface area (Å²) in [5.74, 6) is 0.884. The first-order valence-electron chi connectivity index (χ1n) is 7.33. The Labute approximate surface area is 134 Å². The Kier molecular flexibility index (Phi) is 4.75. The van der Waals surface area contributed by atoms with Crippen LogP contribution in [-0.2, 0) is 16.1 Å². The molecule has 1 atom stereocenters. The summed E-state index contributed by atoms with van der Waals surface area (Å²) in [5, 5.41) is 2.03. The molecule has 3 rings (SSSR count). The van der Waals surface area contributed by atoms with Gasteiger partial charge in [-0.25, -0.2) is 0 Å². The van der Waals surface area contributed by atoms with Gasteiger partial charge >= 0.3 is 0 Å². The van der Waals surface area contributed by atoms with E-state index >= 15 is 0 Å². The number of anilines is 1. The maximum atomic E-state index is 12.8. The maximum Gasteiger partial charge on any atom is 0.232 e. The first-order chi connectivity index (χ1) is 10.8. The summed E-state index contributed by atoms with van der Waals surface area (Å²) in [7, 11) is 1.64. The average Bonchev–Trinajstić information content (AvgIpc) is 3.25. The molecular formula is C17H19NO3S. The highest BCUT2D eigenvalue weighted by Crippen LogP contribution is 2.26. The minimum atomic E-state index is -0.0398. The van der Waals surface area contributed by atoms with Gasteiger partial charge in [-0.3, -0.25) is 4.79 Å². The van der Waals surface area contributed by atoms with Crippen molar-refractivity contribution in [3.63, 3.8) is 0 Å². The molecule has 2 aromatic rings. The molecule has 1 aliphatic rings. The Morgan fingerprint density at radius 3 is 2.77 bits per heavy atom. The number of benzene rings is 1. The third kappa shape index (κ3) is 3.31. The molecule has 2 heterocycles. The van der Waals surface area contributed by atoms with Gasteiger partial charge in [0.15, 0.2) is 0 Å². The lowest BCUT2D eigenvalue weighted by Gasteiger charge is -2.25. The molecule has 1 unspecified atom stereocenters. The molecule has 0 radical (unpaired) electrons. The fraction of sp³-hybridized carbons (Fsp3) is 0.353. The van der Waals surface area contributed by atoms with Crippen LogP contribution in [0.25, 0.3) is 0 Å². The summed E-state index contributed by atoms with van der Waals surface area (Å²) in [4.78, 5) is 15.9. The van der Waals surface area contributed by atoms with Crippen molar-refractivity contribution in [3.8, 4) is 5.75 Å². The van der Waals surface area contributed by atoms with Crippen LogP contribution in [-0.4, -0.2) is 26.2 Å². The lowest BCUT2D eigenvalue weighted by Crippen LogP contribution is -2.35. The smallest absolute Gasteiger partial charge is 0.232 e. The molecule has 1 amide bonds. The second-order valence-electron chi connectivity index (χ2n) is 5.26. The Morgan fingerprint density at radius 2 is 2.18 bits per heavy atom. The zero-order chi connectivity index (χ0) is 15.4. The summed E-state index contributed by atoms with van der Waals surface area (Å²) >= 11 is 1.66. The molecule has 22 heavy (non-hydrogen) atoms. The minimum absolute atomic E-state index is 0.0398. The normalized spacial score (nSPS) is 17.4. The van der Waals surface area contributed by atoms with E-state index < -0.39 is 0 Å². The molecule has 1 fully saturated rings. The number of carbonyl (C=O) groups is 1. The van der Waals surface area contributed by atoms with Crippen molar-refractivity contribution < 1.29 is 14.3 Å². The van der Waals surface area contributed by atoms with E-state index in [1.54, 1.807) is 18.4 Å². The molecule has 1 aliphatic heterocycles. The Hall–Kier alpha value is -1.85. The monoisotopic (exact) mass is 317 g/mol. The van der Waals surface area contributed by atoms with Crippen molar-refractivity contribution in [2.24, 2.45) is 5.92 Å². The first-order valence-corrected chi connectivity index (χ1v) is 8.21. The molecular weight excluding hydrogens is 298 g/mol. The molecule has 1 aromatic carbocycles. The number of amides is 1. The molecule has 116 valence electrons. The fourth-order valence-electron chi connectivity index (χ4n) is 2.57. The number of hydrogen-bond donors (Lipinski definition) is 0. The van der Waals surface area contributed by atoms with E-state index in [-0.39, 0.29) is 11.8 Å². The van der Waals surface area contributed by atoms with Crippen LogP contribution in [0.4, 0.5) is 5.69 Å². The van der Waals surface area contributed by atoms with Crippen molar-refractivity contribution in [2.75, 3.05) is 25.2 Å². The molecule has 0 saturated carbocycles. The van der Waals surface area contributed by atoms with Gasteiger partial charge in [-0.2, -0.15) is 0 Å². The van der Waals surface area contributed by atoms with Gasteiger partial charge in [0.25, 0.3) is 0 Å². The summed E-state index contributed by atoms with van der Waals surface area (Å²) in [6.45, 7) is 1.79. The highest BCUT2D eigenvalue weighted by atomic mass is 32.1. The Bertz CT molecular complexity index is 603. The average molecular weight is 317 g/mol. The van der Waals surface area contributed by atoms with Crippen molar-refractivity contribution in [1.29, 1.82) is 0 Å². The molecule has 0 aliphatic carbocycles. The zero-order valence-electron chi connectivity index (χ0n) is 12.5. The molecule has 0 N–H and O–H groups in total. The predicted octanol–water partition coefficient (Wildman–Crippen LogP) is 3.33. The second kappa shape index (κ2) is 6.94. The largest absolute Gasteiger partial charge is 0.497 e. The third-order valence-electron chi connectivity index (χ3n) is 3.82. The molecule has 1 saturated heterocycles. The Morgan fingerprint density at radius 1 is 1.36 bits per heavy atom. The van der Waals surface area contributed by atoms with Crippen LogP contribution in [0.5, 0.6) is 5.75 Å².